The number of hydrogen-bond donors (Lipinski definition) is 2. The van der Waals surface area contributed by atoms with Gasteiger partial charge in [0.25, 0.3) is 11.8 Å². The third-order valence-corrected chi connectivity index (χ3v) is 4.22. The van der Waals surface area contributed by atoms with Crippen molar-refractivity contribution in [1.29, 1.82) is 0 Å². The molecule has 2 heterocycles. The van der Waals surface area contributed by atoms with Gasteiger partial charge in [-0.05, 0) is 36.4 Å². The van der Waals surface area contributed by atoms with Gasteiger partial charge in [0.15, 0.2) is 0 Å². The number of aromatic carboxylic acids is 1. The Morgan fingerprint density at radius 3 is 2.68 bits per heavy atom. The number of carboxylic acids is 1. The maximum absolute atomic E-state index is 12.4. The van der Waals surface area contributed by atoms with E-state index in [0.29, 0.717) is 11.3 Å². The van der Waals surface area contributed by atoms with Crippen molar-refractivity contribution in [1.82, 2.24) is 10.2 Å². The van der Waals surface area contributed by atoms with Gasteiger partial charge in [-0.1, -0.05) is 17.7 Å². The highest BCUT2D eigenvalue weighted by molar-refractivity contribution is 6.33. The number of barbiturate groups is 1. The Labute approximate surface area is 163 Å². The maximum Gasteiger partial charge on any atom is 0.337 e. The highest BCUT2D eigenvalue weighted by atomic mass is 35.5. The highest BCUT2D eigenvalue weighted by Crippen LogP contribution is 2.28. The molecule has 142 valence electrons. The summed E-state index contributed by atoms with van der Waals surface area (Å²) in [6.07, 6.45) is 2.56. The van der Waals surface area contributed by atoms with Crippen molar-refractivity contribution in [2.75, 3.05) is 6.54 Å². The van der Waals surface area contributed by atoms with Crippen LogP contribution in [0.1, 0.15) is 16.1 Å². The summed E-state index contributed by atoms with van der Waals surface area (Å²) in [7, 11) is 0. The Balaban J connectivity index is 1.94. The second-order valence-electron chi connectivity index (χ2n) is 5.72. The van der Waals surface area contributed by atoms with E-state index in [1.54, 1.807) is 12.1 Å². The molecule has 1 fully saturated rings. The van der Waals surface area contributed by atoms with Crippen LogP contribution in [-0.4, -0.2) is 40.4 Å². The van der Waals surface area contributed by atoms with E-state index >= 15 is 0 Å². The summed E-state index contributed by atoms with van der Waals surface area (Å²) >= 11 is 5.85. The van der Waals surface area contributed by atoms with Crippen molar-refractivity contribution >= 4 is 41.5 Å². The van der Waals surface area contributed by atoms with Crippen molar-refractivity contribution < 1.29 is 28.7 Å². The monoisotopic (exact) mass is 400 g/mol. The third-order valence-electron chi connectivity index (χ3n) is 3.89. The Kier molecular flexibility index (Phi) is 5.14. The molecule has 1 saturated heterocycles. The first kappa shape index (κ1) is 19.1. The number of hydrogen-bond acceptors (Lipinski definition) is 5. The number of halogens is 1. The van der Waals surface area contributed by atoms with E-state index in [4.69, 9.17) is 21.1 Å². The number of carbonyl (C=O) groups excluding carboxylic acids is 3. The summed E-state index contributed by atoms with van der Waals surface area (Å²) in [5.41, 5.74) is 0.0925. The van der Waals surface area contributed by atoms with E-state index in [1.165, 1.54) is 30.4 Å². The molecule has 1 aliphatic heterocycles. The fourth-order valence-corrected chi connectivity index (χ4v) is 2.76. The van der Waals surface area contributed by atoms with Crippen LogP contribution in [-0.2, 0) is 9.59 Å². The minimum atomic E-state index is -1.18. The lowest BCUT2D eigenvalue weighted by Crippen LogP contribution is -2.54. The second kappa shape index (κ2) is 7.53. The number of carbonyl (C=O) groups is 4. The van der Waals surface area contributed by atoms with Gasteiger partial charge >= 0.3 is 12.0 Å². The molecule has 1 aromatic heterocycles. The van der Waals surface area contributed by atoms with Gasteiger partial charge in [0.2, 0.25) is 0 Å². The minimum absolute atomic E-state index is 0.0541. The lowest BCUT2D eigenvalue weighted by Gasteiger charge is -2.24. The molecule has 9 heteroatoms. The molecule has 1 aliphatic rings. The van der Waals surface area contributed by atoms with E-state index in [1.807, 2.05) is 0 Å². The Hall–Kier alpha value is -3.65. The SMILES string of the molecule is C=CCN1C(=O)NC(=O)/C(=C/c2ccc(-c3ccc(Cl)c(C(=O)O)c3)o2)C1=O. The molecule has 1 aromatic carbocycles. The van der Waals surface area contributed by atoms with Gasteiger partial charge in [-0.25, -0.2) is 9.59 Å². The number of carboxylic acid groups (broad SMARTS) is 1. The molecule has 8 nitrogen and oxygen atoms in total. The average molecular weight is 401 g/mol. The van der Waals surface area contributed by atoms with Gasteiger partial charge < -0.3 is 9.52 Å². The van der Waals surface area contributed by atoms with Crippen LogP contribution in [0.4, 0.5) is 4.79 Å². The molecule has 0 aliphatic carbocycles. The third kappa shape index (κ3) is 3.58. The molecule has 2 aromatic rings. The minimum Gasteiger partial charge on any atom is -0.478 e. The zero-order chi connectivity index (χ0) is 20.4. The van der Waals surface area contributed by atoms with Crippen LogP contribution in [0, 0.1) is 0 Å². The number of nitrogens with one attached hydrogen (secondary N) is 1. The van der Waals surface area contributed by atoms with Crippen LogP contribution >= 0.6 is 11.6 Å². The van der Waals surface area contributed by atoms with Crippen LogP contribution in [0.15, 0.2) is 53.0 Å². The molecule has 0 spiro atoms. The van der Waals surface area contributed by atoms with Crippen molar-refractivity contribution in [2.24, 2.45) is 0 Å². The number of amides is 4. The summed E-state index contributed by atoms with van der Waals surface area (Å²) in [4.78, 5) is 48.2. The van der Waals surface area contributed by atoms with E-state index in [2.05, 4.69) is 11.9 Å². The topological polar surface area (TPSA) is 117 Å². The lowest BCUT2D eigenvalue weighted by atomic mass is 10.1. The van der Waals surface area contributed by atoms with Gasteiger partial charge in [0.05, 0.1) is 10.6 Å². The number of nitrogens with zero attached hydrogens (tertiary/aromatic N) is 1. The van der Waals surface area contributed by atoms with Crippen LogP contribution in [0.25, 0.3) is 17.4 Å². The largest absolute Gasteiger partial charge is 0.478 e. The van der Waals surface area contributed by atoms with Gasteiger partial charge in [-0.15, -0.1) is 6.58 Å². The molecule has 0 radical (unpaired) electrons. The zero-order valence-electron chi connectivity index (χ0n) is 14.3. The van der Waals surface area contributed by atoms with Gasteiger partial charge in [0.1, 0.15) is 17.1 Å². The number of imide groups is 2. The van der Waals surface area contributed by atoms with Crippen molar-refractivity contribution in [3.05, 3.63) is 64.9 Å². The Morgan fingerprint density at radius 1 is 1.25 bits per heavy atom. The number of urea groups is 1. The molecule has 4 amide bonds. The first-order valence-electron chi connectivity index (χ1n) is 7.94. The fraction of sp³-hybridized carbons (Fsp3) is 0.0526. The fourth-order valence-electron chi connectivity index (χ4n) is 2.56. The van der Waals surface area contributed by atoms with Gasteiger partial charge in [-0.2, -0.15) is 0 Å². The molecular formula is C19H13ClN2O6. The quantitative estimate of drug-likeness (QED) is 0.452. The maximum atomic E-state index is 12.4. The van der Waals surface area contributed by atoms with Gasteiger partial charge in [0, 0.05) is 12.1 Å². The van der Waals surface area contributed by atoms with Crippen LogP contribution in [0.2, 0.25) is 5.02 Å². The average Bonchev–Trinajstić information content (AvgIpc) is 3.11. The number of furan rings is 1. The molecule has 28 heavy (non-hydrogen) atoms. The summed E-state index contributed by atoms with van der Waals surface area (Å²) in [5.74, 6) is -2.31. The van der Waals surface area contributed by atoms with E-state index in [-0.39, 0.29) is 28.5 Å². The van der Waals surface area contributed by atoms with E-state index in [9.17, 15) is 19.2 Å². The molecular weight excluding hydrogens is 388 g/mol. The molecule has 0 unspecified atom stereocenters. The molecule has 0 saturated carbocycles. The first-order valence-corrected chi connectivity index (χ1v) is 8.32. The Bertz CT molecular complexity index is 1050. The van der Waals surface area contributed by atoms with Crippen LogP contribution in [0.3, 0.4) is 0 Å². The zero-order valence-corrected chi connectivity index (χ0v) is 15.0. The predicted molar refractivity (Wildman–Crippen MR) is 99.5 cm³/mol. The molecule has 0 bridgehead atoms. The predicted octanol–water partition coefficient (Wildman–Crippen LogP) is 2.95. The lowest BCUT2D eigenvalue weighted by molar-refractivity contribution is -0.129. The number of benzene rings is 1. The molecule has 0 atom stereocenters. The van der Waals surface area contributed by atoms with Crippen LogP contribution < -0.4 is 5.32 Å². The smallest absolute Gasteiger partial charge is 0.337 e. The van der Waals surface area contributed by atoms with Crippen molar-refractivity contribution in [3.8, 4) is 11.3 Å². The van der Waals surface area contributed by atoms with E-state index < -0.39 is 23.8 Å². The molecule has 3 rings (SSSR count). The van der Waals surface area contributed by atoms with E-state index in [0.717, 1.165) is 4.90 Å². The molecule has 2 N–H and O–H groups in total. The highest BCUT2D eigenvalue weighted by Gasteiger charge is 2.35. The summed E-state index contributed by atoms with van der Waals surface area (Å²) < 4.78 is 5.60. The van der Waals surface area contributed by atoms with Gasteiger partial charge in [-0.3, -0.25) is 19.8 Å². The first-order chi connectivity index (χ1) is 13.3. The standard InChI is InChI=1S/C19H13ClN2O6/c1-2-7-22-17(24)13(16(23)21-19(22)27)9-11-4-6-15(28-11)10-3-5-14(20)12(8-10)18(25)26/h2-6,8-9H,1,7H2,(H,25,26)(H,21,23,27)/b13-9-. The summed E-state index contributed by atoms with van der Waals surface area (Å²) in [5, 5.41) is 11.3. The summed E-state index contributed by atoms with van der Waals surface area (Å²) in [6, 6.07) is 6.59. The Morgan fingerprint density at radius 2 is 2.00 bits per heavy atom. The van der Waals surface area contributed by atoms with Crippen molar-refractivity contribution in [2.45, 2.75) is 0 Å². The number of rotatable bonds is 5. The summed E-state index contributed by atoms with van der Waals surface area (Å²) in [6.45, 7) is 3.41. The van der Waals surface area contributed by atoms with Crippen molar-refractivity contribution in [3.63, 3.8) is 0 Å². The second-order valence-corrected chi connectivity index (χ2v) is 6.13. The van der Waals surface area contributed by atoms with Crippen LogP contribution in [0.5, 0.6) is 0 Å². The normalized spacial score (nSPS) is 15.7.